The van der Waals surface area contributed by atoms with Crippen LogP contribution in [0, 0.1) is 0 Å². The van der Waals surface area contributed by atoms with Crippen LogP contribution in [0.25, 0.3) is 0 Å². The van der Waals surface area contributed by atoms with Gasteiger partial charge in [0, 0.05) is 0 Å². The molecule has 0 aliphatic heterocycles. The second-order valence-corrected chi connectivity index (χ2v) is 2.41. The largest absolute Gasteiger partial charge is 2.00 e. The summed E-state index contributed by atoms with van der Waals surface area (Å²) in [5.74, 6) is 0. The van der Waals surface area contributed by atoms with Gasteiger partial charge in [0.05, 0.1) is 0 Å². The first kappa shape index (κ1) is 11.6. The number of hydrogen-bond donors (Lipinski definition) is 3. The third-order valence-corrected chi connectivity index (χ3v) is 0.861. The maximum Gasteiger partial charge on any atom is 2.00 e. The van der Waals surface area contributed by atoms with Crippen LogP contribution in [0.2, 0.25) is 0 Å². The molecule has 0 aromatic carbocycles. The van der Waals surface area contributed by atoms with Crippen LogP contribution in [0.4, 0.5) is 4.79 Å². The monoisotopic (exact) mass is 166 g/mol. The van der Waals surface area contributed by atoms with E-state index in [4.69, 9.17) is 9.79 Å². The van der Waals surface area contributed by atoms with Gasteiger partial charge in [-0.2, -0.15) is 0 Å². The van der Waals surface area contributed by atoms with Gasteiger partial charge in [0.1, 0.15) is 0 Å². The third-order valence-electron chi connectivity index (χ3n) is 0.287. The maximum absolute atomic E-state index is 9.55. The first-order valence-corrected chi connectivity index (χ1v) is 2.91. The zero-order valence-corrected chi connectivity index (χ0v) is 7.05. The average molecular weight is 166 g/mol. The molecular formula is CH5CaNO4P+3. The second-order valence-electron chi connectivity index (χ2n) is 0.882. The molecule has 42 valence electrons. The molecule has 0 saturated heterocycles. The maximum atomic E-state index is 9.55. The fourth-order valence-electron chi connectivity index (χ4n) is 0. The van der Waals surface area contributed by atoms with Crippen LogP contribution in [0.5, 0.6) is 0 Å². The van der Waals surface area contributed by atoms with Crippen molar-refractivity contribution in [3.8, 4) is 0 Å². The number of carbonyl (C=O) groups excluding carboxylic acids is 1. The number of hydrogen-bond acceptors (Lipinski definition) is 2. The molecule has 0 atom stereocenters. The zero-order chi connectivity index (χ0) is 6.08. The van der Waals surface area contributed by atoms with Crippen LogP contribution in [0.3, 0.4) is 0 Å². The Bertz CT molecular complexity index is 133. The summed E-state index contributed by atoms with van der Waals surface area (Å²) in [6.07, 6.45) is 0. The summed E-state index contributed by atoms with van der Waals surface area (Å²) in [6.45, 7) is 0. The summed E-state index contributed by atoms with van der Waals surface area (Å²) in [7, 11) is -4.60. The summed E-state index contributed by atoms with van der Waals surface area (Å²) in [6, 6.07) is 0. The number of amides is 1. The molecule has 0 fully saturated rings. The smallest absolute Gasteiger partial charge is 0.359 e. The molecule has 0 unspecified atom stereocenters. The SMILES string of the molecule is NC(=O)P(=O)(O)O.[Ca+2].[H+]. The Morgan fingerprint density at radius 2 is 1.75 bits per heavy atom. The van der Waals surface area contributed by atoms with Crippen molar-refractivity contribution < 1.29 is 20.6 Å². The van der Waals surface area contributed by atoms with Gasteiger partial charge in [0.2, 0.25) is 0 Å². The van der Waals surface area contributed by atoms with Crippen molar-refractivity contribution in [2.75, 3.05) is 0 Å². The zero-order valence-electron chi connectivity index (χ0n) is 4.94. The molecule has 7 heteroatoms. The molecule has 0 heterocycles. The van der Waals surface area contributed by atoms with Crippen LogP contribution in [0.15, 0.2) is 0 Å². The van der Waals surface area contributed by atoms with Crippen molar-refractivity contribution in [3.63, 3.8) is 0 Å². The minimum atomic E-state index is -4.60. The minimum Gasteiger partial charge on any atom is -0.359 e. The molecule has 8 heavy (non-hydrogen) atoms. The Kier molecular flexibility index (Phi) is 5.56. The molecule has 0 aliphatic rings. The van der Waals surface area contributed by atoms with Crippen molar-refractivity contribution >= 4 is 51.0 Å². The van der Waals surface area contributed by atoms with Gasteiger partial charge in [-0.15, -0.1) is 0 Å². The van der Waals surface area contributed by atoms with Crippen molar-refractivity contribution in [2.24, 2.45) is 5.73 Å². The van der Waals surface area contributed by atoms with Crippen LogP contribution in [-0.2, 0) is 4.57 Å². The average Bonchev–Trinajstić information content (AvgIpc) is 1.31. The molecule has 1 amide bonds. The van der Waals surface area contributed by atoms with Gasteiger partial charge in [0.25, 0.3) is 0 Å². The van der Waals surface area contributed by atoms with Crippen LogP contribution >= 0.6 is 7.60 Å². The van der Waals surface area contributed by atoms with E-state index in [1.807, 2.05) is 0 Å². The molecule has 0 radical (unpaired) electrons. The quantitative estimate of drug-likeness (QED) is 0.342. The molecule has 0 bridgehead atoms. The molecule has 0 rings (SSSR count). The van der Waals surface area contributed by atoms with E-state index in [9.17, 15) is 9.36 Å². The van der Waals surface area contributed by atoms with Gasteiger partial charge in [0.15, 0.2) is 0 Å². The third kappa shape index (κ3) is 5.03. The van der Waals surface area contributed by atoms with E-state index < -0.39 is 13.2 Å². The van der Waals surface area contributed by atoms with E-state index in [0.29, 0.717) is 0 Å². The van der Waals surface area contributed by atoms with E-state index >= 15 is 0 Å². The van der Waals surface area contributed by atoms with E-state index in [0.717, 1.165) is 0 Å². The van der Waals surface area contributed by atoms with E-state index in [1.54, 1.807) is 0 Å². The van der Waals surface area contributed by atoms with Gasteiger partial charge >= 0.3 is 52.4 Å². The topological polar surface area (TPSA) is 101 Å². The molecule has 0 aliphatic carbocycles. The summed E-state index contributed by atoms with van der Waals surface area (Å²) in [5, 5.41) is 0. The molecule has 0 saturated carbocycles. The molecule has 0 aromatic rings. The van der Waals surface area contributed by atoms with Crippen LogP contribution in [0.1, 0.15) is 1.43 Å². The van der Waals surface area contributed by atoms with Crippen molar-refractivity contribution in [3.05, 3.63) is 0 Å². The first-order valence-electron chi connectivity index (χ1n) is 1.30. The normalized spacial score (nSPS) is 9.75. The molecule has 0 spiro atoms. The Labute approximate surface area is 76.9 Å². The van der Waals surface area contributed by atoms with Crippen molar-refractivity contribution in [1.82, 2.24) is 0 Å². The standard InChI is InChI=1S/CH4NO4P.Ca/c2-1(3)7(4,5)6;/h(H2,2,3)(H2,4,5,6);/q;+2/p+1. The fraction of sp³-hybridized carbons (Fsp3) is 0. The Morgan fingerprint density at radius 3 is 1.75 bits per heavy atom. The van der Waals surface area contributed by atoms with Gasteiger partial charge in [-0.1, -0.05) is 0 Å². The number of carbonyl (C=O) groups is 1. The van der Waals surface area contributed by atoms with Gasteiger partial charge < -0.3 is 15.5 Å². The van der Waals surface area contributed by atoms with Gasteiger partial charge in [-0.3, -0.25) is 4.79 Å². The Hall–Kier alpha value is 0.880. The first-order chi connectivity index (χ1) is 2.94. The van der Waals surface area contributed by atoms with Crippen LogP contribution < -0.4 is 5.73 Å². The van der Waals surface area contributed by atoms with Crippen molar-refractivity contribution in [1.29, 1.82) is 0 Å². The number of rotatable bonds is 1. The van der Waals surface area contributed by atoms with Crippen LogP contribution in [-0.4, -0.2) is 53.2 Å². The Balaban J connectivity index is -0.000000180. The summed E-state index contributed by atoms with van der Waals surface area (Å²) in [4.78, 5) is 24.9. The number of nitrogens with two attached hydrogens (primary N) is 1. The van der Waals surface area contributed by atoms with E-state index in [2.05, 4.69) is 5.73 Å². The second kappa shape index (κ2) is 3.82. The summed E-state index contributed by atoms with van der Waals surface area (Å²) < 4.78 is 9.55. The van der Waals surface area contributed by atoms with E-state index in [1.165, 1.54) is 0 Å². The molecule has 5 nitrogen and oxygen atoms in total. The Morgan fingerprint density at radius 1 is 1.62 bits per heavy atom. The predicted molar refractivity (Wildman–Crippen MR) is 28.5 cm³/mol. The minimum absolute atomic E-state index is 0. The van der Waals surface area contributed by atoms with Crippen molar-refractivity contribution in [2.45, 2.75) is 0 Å². The molecule has 0 aromatic heterocycles. The van der Waals surface area contributed by atoms with E-state index in [-0.39, 0.29) is 39.2 Å². The van der Waals surface area contributed by atoms with Gasteiger partial charge in [-0.05, 0) is 0 Å². The predicted octanol–water partition coefficient (Wildman–Crippen LogP) is -1.03. The fourth-order valence-corrected chi connectivity index (χ4v) is 0. The molecular weight excluding hydrogens is 161 g/mol. The summed E-state index contributed by atoms with van der Waals surface area (Å²) in [5.41, 5.74) is 2.58. The summed E-state index contributed by atoms with van der Waals surface area (Å²) >= 11 is 0. The molecule has 4 N–H and O–H groups in total. The van der Waals surface area contributed by atoms with Gasteiger partial charge in [-0.25, -0.2) is 4.57 Å². The number of primary amides is 1.